The van der Waals surface area contributed by atoms with E-state index < -0.39 is 0 Å². The molecule has 0 saturated carbocycles. The molecule has 162 valence electrons. The number of methoxy groups -OCH3 is 1. The third kappa shape index (κ3) is 5.33. The van der Waals surface area contributed by atoms with Crippen molar-refractivity contribution in [2.24, 2.45) is 0 Å². The molecule has 1 saturated heterocycles. The molecule has 0 spiro atoms. The molecule has 4 rings (SSSR count). The lowest BCUT2D eigenvalue weighted by Crippen LogP contribution is -2.35. The topological polar surface area (TPSA) is 89.6 Å². The molecule has 0 aliphatic carbocycles. The van der Waals surface area contributed by atoms with Gasteiger partial charge in [-0.25, -0.2) is 4.98 Å². The SMILES string of the molecule is COc1cccc(CN2CCC(NC(=O)c3ccc(Cn4ccnc4)o3)CCC2=O)c1. The second-order valence-corrected chi connectivity index (χ2v) is 7.67. The Balaban J connectivity index is 1.32. The van der Waals surface area contributed by atoms with E-state index in [1.807, 2.05) is 39.9 Å². The normalized spacial score (nSPS) is 16.7. The second kappa shape index (κ2) is 9.51. The quantitative estimate of drug-likeness (QED) is 0.632. The Kier molecular flexibility index (Phi) is 6.35. The van der Waals surface area contributed by atoms with Crippen LogP contribution in [0.25, 0.3) is 0 Å². The summed E-state index contributed by atoms with van der Waals surface area (Å²) in [6.45, 7) is 1.64. The van der Waals surface area contributed by atoms with Crippen LogP contribution in [0.1, 0.15) is 41.1 Å². The largest absolute Gasteiger partial charge is 0.497 e. The van der Waals surface area contributed by atoms with Crippen LogP contribution >= 0.6 is 0 Å². The number of carbonyl (C=O) groups is 2. The van der Waals surface area contributed by atoms with Gasteiger partial charge in [-0.3, -0.25) is 9.59 Å². The summed E-state index contributed by atoms with van der Waals surface area (Å²) in [5.74, 6) is 1.58. The summed E-state index contributed by atoms with van der Waals surface area (Å²) >= 11 is 0. The maximum atomic E-state index is 12.6. The first kappa shape index (κ1) is 20.7. The highest BCUT2D eigenvalue weighted by molar-refractivity contribution is 5.91. The van der Waals surface area contributed by atoms with Gasteiger partial charge in [0, 0.05) is 37.9 Å². The average Bonchev–Trinajstić information content (AvgIpc) is 3.44. The van der Waals surface area contributed by atoms with E-state index in [1.54, 1.807) is 31.8 Å². The summed E-state index contributed by atoms with van der Waals surface area (Å²) < 4.78 is 12.8. The number of amides is 2. The van der Waals surface area contributed by atoms with Gasteiger partial charge in [0.25, 0.3) is 5.91 Å². The Morgan fingerprint density at radius 2 is 2.16 bits per heavy atom. The fourth-order valence-corrected chi connectivity index (χ4v) is 3.74. The Labute approximate surface area is 180 Å². The van der Waals surface area contributed by atoms with Crippen LogP contribution in [0.3, 0.4) is 0 Å². The zero-order valence-electron chi connectivity index (χ0n) is 17.5. The fourth-order valence-electron chi connectivity index (χ4n) is 3.74. The highest BCUT2D eigenvalue weighted by Crippen LogP contribution is 2.19. The van der Waals surface area contributed by atoms with Gasteiger partial charge in [-0.05, 0) is 42.7 Å². The average molecular weight is 422 g/mol. The lowest BCUT2D eigenvalue weighted by atomic mass is 10.1. The van der Waals surface area contributed by atoms with Crippen LogP contribution in [-0.4, -0.2) is 46.0 Å². The minimum absolute atomic E-state index is 0.0750. The third-order valence-electron chi connectivity index (χ3n) is 5.43. The summed E-state index contributed by atoms with van der Waals surface area (Å²) in [6, 6.07) is 11.1. The molecule has 0 bridgehead atoms. The van der Waals surface area contributed by atoms with Crippen LogP contribution in [0.15, 0.2) is 59.5 Å². The van der Waals surface area contributed by atoms with E-state index in [2.05, 4.69) is 10.3 Å². The van der Waals surface area contributed by atoms with Gasteiger partial charge >= 0.3 is 0 Å². The third-order valence-corrected chi connectivity index (χ3v) is 5.43. The van der Waals surface area contributed by atoms with E-state index >= 15 is 0 Å². The number of furan rings is 1. The molecule has 3 aromatic rings. The molecule has 8 nitrogen and oxygen atoms in total. The van der Waals surface area contributed by atoms with Crippen molar-refractivity contribution in [3.8, 4) is 5.75 Å². The molecule has 1 atom stereocenters. The minimum Gasteiger partial charge on any atom is -0.497 e. The number of rotatable bonds is 7. The van der Waals surface area contributed by atoms with Crippen LogP contribution < -0.4 is 10.1 Å². The van der Waals surface area contributed by atoms with E-state index in [4.69, 9.17) is 9.15 Å². The number of nitrogens with zero attached hydrogens (tertiary/aromatic N) is 3. The molecule has 8 heteroatoms. The smallest absolute Gasteiger partial charge is 0.287 e. The highest BCUT2D eigenvalue weighted by Gasteiger charge is 2.25. The zero-order valence-corrected chi connectivity index (χ0v) is 17.5. The molecule has 31 heavy (non-hydrogen) atoms. The van der Waals surface area contributed by atoms with Gasteiger partial charge in [-0.15, -0.1) is 0 Å². The van der Waals surface area contributed by atoms with E-state index in [-0.39, 0.29) is 23.6 Å². The predicted octanol–water partition coefficient (Wildman–Crippen LogP) is 2.84. The number of aromatic nitrogens is 2. The van der Waals surface area contributed by atoms with E-state index in [1.165, 1.54) is 0 Å². The first-order valence-electron chi connectivity index (χ1n) is 10.4. The molecule has 1 aromatic carbocycles. The lowest BCUT2D eigenvalue weighted by molar-refractivity contribution is -0.131. The number of carbonyl (C=O) groups excluding carboxylic acids is 2. The van der Waals surface area contributed by atoms with Crippen molar-refractivity contribution in [1.82, 2.24) is 19.8 Å². The first-order chi connectivity index (χ1) is 15.1. The summed E-state index contributed by atoms with van der Waals surface area (Å²) in [4.78, 5) is 31.1. The van der Waals surface area contributed by atoms with Gasteiger partial charge < -0.3 is 23.9 Å². The van der Waals surface area contributed by atoms with Crippen molar-refractivity contribution in [3.05, 3.63) is 72.2 Å². The first-order valence-corrected chi connectivity index (χ1v) is 10.4. The number of nitrogens with one attached hydrogen (secondary N) is 1. The van der Waals surface area contributed by atoms with Gasteiger partial charge in [-0.2, -0.15) is 0 Å². The van der Waals surface area contributed by atoms with Crippen molar-refractivity contribution < 1.29 is 18.7 Å². The van der Waals surface area contributed by atoms with Crippen LogP contribution in [0, 0.1) is 0 Å². The van der Waals surface area contributed by atoms with Crippen LogP contribution in [0.5, 0.6) is 5.75 Å². The van der Waals surface area contributed by atoms with Crippen LogP contribution in [0.4, 0.5) is 0 Å². The molecular weight excluding hydrogens is 396 g/mol. The monoisotopic (exact) mass is 422 g/mol. The molecule has 0 radical (unpaired) electrons. The Hall–Kier alpha value is -3.55. The molecule has 1 unspecified atom stereocenters. The molecule has 2 amide bonds. The summed E-state index contributed by atoms with van der Waals surface area (Å²) in [7, 11) is 1.63. The van der Waals surface area contributed by atoms with Crippen molar-refractivity contribution in [2.45, 2.75) is 38.4 Å². The van der Waals surface area contributed by atoms with Crippen molar-refractivity contribution in [2.75, 3.05) is 13.7 Å². The Morgan fingerprint density at radius 1 is 1.26 bits per heavy atom. The molecule has 1 fully saturated rings. The van der Waals surface area contributed by atoms with Crippen molar-refractivity contribution in [3.63, 3.8) is 0 Å². The van der Waals surface area contributed by atoms with E-state index in [0.29, 0.717) is 44.7 Å². The van der Waals surface area contributed by atoms with E-state index in [9.17, 15) is 9.59 Å². The maximum Gasteiger partial charge on any atom is 0.287 e. The number of hydrogen-bond donors (Lipinski definition) is 1. The van der Waals surface area contributed by atoms with Crippen molar-refractivity contribution >= 4 is 11.8 Å². The maximum absolute atomic E-state index is 12.6. The number of benzene rings is 1. The lowest BCUT2D eigenvalue weighted by Gasteiger charge is -2.21. The molecule has 1 aliphatic rings. The standard InChI is InChI=1S/C23H26N4O4/c1-30-19-4-2-3-17(13-19)14-27-11-9-18(5-8-22(27)28)25-23(29)21-7-6-20(31-21)15-26-12-10-24-16-26/h2-4,6-7,10,12-13,16,18H,5,8-9,11,14-15H2,1H3,(H,25,29). The van der Waals surface area contributed by atoms with E-state index in [0.717, 1.165) is 11.3 Å². The van der Waals surface area contributed by atoms with Crippen molar-refractivity contribution in [1.29, 1.82) is 0 Å². The summed E-state index contributed by atoms with van der Waals surface area (Å²) in [5, 5.41) is 3.02. The van der Waals surface area contributed by atoms with Gasteiger partial charge in [0.1, 0.15) is 11.5 Å². The molecule has 3 heterocycles. The van der Waals surface area contributed by atoms with Gasteiger partial charge in [0.2, 0.25) is 5.91 Å². The zero-order chi connectivity index (χ0) is 21.6. The van der Waals surface area contributed by atoms with Gasteiger partial charge in [0.15, 0.2) is 5.76 Å². The predicted molar refractivity (Wildman–Crippen MR) is 114 cm³/mol. The Morgan fingerprint density at radius 3 is 2.97 bits per heavy atom. The van der Waals surface area contributed by atoms with Gasteiger partial charge in [0.05, 0.1) is 20.0 Å². The van der Waals surface area contributed by atoms with Crippen LogP contribution in [0.2, 0.25) is 0 Å². The molecule has 2 aromatic heterocycles. The number of ether oxygens (including phenoxy) is 1. The number of imidazole rings is 1. The number of hydrogen-bond acceptors (Lipinski definition) is 5. The van der Waals surface area contributed by atoms with Crippen LogP contribution in [-0.2, 0) is 17.9 Å². The number of likely N-dealkylation sites (tertiary alicyclic amines) is 1. The molecule has 1 aliphatic heterocycles. The minimum atomic E-state index is -0.254. The summed E-state index contributed by atoms with van der Waals surface area (Å²) in [5.41, 5.74) is 1.02. The Bertz CT molecular complexity index is 1030. The second-order valence-electron chi connectivity index (χ2n) is 7.67. The fraction of sp³-hybridized carbons (Fsp3) is 0.348. The molecular formula is C23H26N4O4. The highest BCUT2D eigenvalue weighted by atomic mass is 16.5. The summed E-state index contributed by atoms with van der Waals surface area (Å²) in [6.07, 6.45) is 6.94. The van der Waals surface area contributed by atoms with Gasteiger partial charge in [-0.1, -0.05) is 12.1 Å². The molecule has 1 N–H and O–H groups in total.